The van der Waals surface area contributed by atoms with E-state index in [1.165, 1.54) is 11.3 Å². The monoisotopic (exact) mass is 282 g/mol. The molecule has 1 aromatic heterocycles. The third-order valence-electron chi connectivity index (χ3n) is 3.31. The Bertz CT molecular complexity index is 401. The predicted molar refractivity (Wildman–Crippen MR) is 82.5 cm³/mol. The van der Waals surface area contributed by atoms with E-state index in [9.17, 15) is 0 Å². The molecule has 0 amide bonds. The van der Waals surface area contributed by atoms with Crippen LogP contribution < -0.4 is 5.32 Å². The number of hydrogen-bond acceptors (Lipinski definition) is 4. The lowest BCUT2D eigenvalue weighted by molar-refractivity contribution is 0.233. The molecule has 0 aromatic carbocycles. The van der Waals surface area contributed by atoms with Crippen molar-refractivity contribution < 1.29 is 4.42 Å². The van der Waals surface area contributed by atoms with Crippen molar-refractivity contribution in [1.29, 1.82) is 0 Å². The summed E-state index contributed by atoms with van der Waals surface area (Å²) in [7, 11) is 0. The minimum Gasteiger partial charge on any atom is -0.468 e. The normalized spacial score (nSPS) is 20.1. The Morgan fingerprint density at radius 2 is 2.26 bits per heavy atom. The predicted octanol–water partition coefficient (Wildman–Crippen LogP) is 3.11. The van der Waals surface area contributed by atoms with E-state index in [0.29, 0.717) is 10.8 Å². The van der Waals surface area contributed by atoms with Gasteiger partial charge in [-0.1, -0.05) is 13.8 Å². The summed E-state index contributed by atoms with van der Waals surface area (Å²) in [6.07, 6.45) is 1.88. The maximum atomic E-state index is 5.68. The first-order valence-electron chi connectivity index (χ1n) is 7.10. The van der Waals surface area contributed by atoms with Gasteiger partial charge in [0.2, 0.25) is 0 Å². The number of nitrogens with one attached hydrogen (secondary N) is 1. The second-order valence-electron chi connectivity index (χ2n) is 6.28. The van der Waals surface area contributed by atoms with Crippen molar-refractivity contribution in [2.75, 3.05) is 18.8 Å². The summed E-state index contributed by atoms with van der Waals surface area (Å²) in [5.41, 5.74) is 1.24. The Morgan fingerprint density at radius 3 is 2.95 bits per heavy atom. The van der Waals surface area contributed by atoms with Gasteiger partial charge in [0.25, 0.3) is 0 Å². The fourth-order valence-electron chi connectivity index (χ4n) is 2.39. The Labute approximate surface area is 121 Å². The molecule has 2 rings (SSSR count). The molecule has 0 atom stereocenters. The molecule has 0 spiro atoms. The third kappa shape index (κ3) is 4.86. The van der Waals surface area contributed by atoms with Crippen LogP contribution in [0.15, 0.2) is 16.7 Å². The molecule has 0 aliphatic carbocycles. The molecule has 1 fully saturated rings. The van der Waals surface area contributed by atoms with Gasteiger partial charge in [-0.05, 0) is 19.9 Å². The Morgan fingerprint density at radius 1 is 1.47 bits per heavy atom. The van der Waals surface area contributed by atoms with Crippen LogP contribution in [0.1, 0.15) is 39.0 Å². The molecule has 108 valence electrons. The highest BCUT2D eigenvalue weighted by Gasteiger charge is 2.27. The highest BCUT2D eigenvalue weighted by Crippen LogP contribution is 2.30. The SMILES string of the molecule is CC(C)NCc1coc(CN2CCSC(C)(C)C2)c1. The molecular weight excluding hydrogens is 256 g/mol. The number of hydrogen-bond donors (Lipinski definition) is 1. The van der Waals surface area contributed by atoms with Gasteiger partial charge in [0, 0.05) is 41.7 Å². The average molecular weight is 282 g/mol. The summed E-state index contributed by atoms with van der Waals surface area (Å²) in [5, 5.41) is 3.41. The van der Waals surface area contributed by atoms with Gasteiger partial charge in [0.05, 0.1) is 12.8 Å². The molecule has 4 heteroatoms. The van der Waals surface area contributed by atoms with Crippen molar-refractivity contribution in [2.24, 2.45) is 0 Å². The first kappa shape index (κ1) is 14.9. The van der Waals surface area contributed by atoms with Gasteiger partial charge in [0.1, 0.15) is 5.76 Å². The Kier molecular flexibility index (Phi) is 4.98. The van der Waals surface area contributed by atoms with E-state index in [1.54, 1.807) is 0 Å². The molecule has 1 N–H and O–H groups in total. The fraction of sp³-hybridized carbons (Fsp3) is 0.733. The second-order valence-corrected chi connectivity index (χ2v) is 8.08. The molecule has 2 heterocycles. The number of thioether (sulfide) groups is 1. The summed E-state index contributed by atoms with van der Waals surface area (Å²) in [5.74, 6) is 2.30. The van der Waals surface area contributed by atoms with Crippen molar-refractivity contribution in [1.82, 2.24) is 10.2 Å². The van der Waals surface area contributed by atoms with Gasteiger partial charge in [0.15, 0.2) is 0 Å². The lowest BCUT2D eigenvalue weighted by Gasteiger charge is -2.37. The quantitative estimate of drug-likeness (QED) is 0.898. The van der Waals surface area contributed by atoms with Gasteiger partial charge < -0.3 is 9.73 Å². The number of rotatable bonds is 5. The second kappa shape index (κ2) is 6.33. The van der Waals surface area contributed by atoms with Crippen LogP contribution in [-0.4, -0.2) is 34.5 Å². The van der Waals surface area contributed by atoms with Crippen LogP contribution in [0.5, 0.6) is 0 Å². The van der Waals surface area contributed by atoms with Crippen molar-refractivity contribution in [3.63, 3.8) is 0 Å². The smallest absolute Gasteiger partial charge is 0.118 e. The lowest BCUT2D eigenvalue weighted by atomic mass is 10.2. The molecule has 0 unspecified atom stereocenters. The van der Waals surface area contributed by atoms with E-state index in [0.717, 1.165) is 31.9 Å². The van der Waals surface area contributed by atoms with Crippen molar-refractivity contribution >= 4 is 11.8 Å². The van der Waals surface area contributed by atoms with Gasteiger partial charge in [-0.25, -0.2) is 0 Å². The first-order chi connectivity index (χ1) is 8.94. The maximum absolute atomic E-state index is 5.68. The van der Waals surface area contributed by atoms with Crippen LogP contribution in [-0.2, 0) is 13.1 Å². The summed E-state index contributed by atoms with van der Waals surface area (Å²) < 4.78 is 6.05. The molecule has 0 bridgehead atoms. The Hall–Kier alpha value is -0.450. The molecule has 0 radical (unpaired) electrons. The zero-order valence-corrected chi connectivity index (χ0v) is 13.3. The summed E-state index contributed by atoms with van der Waals surface area (Å²) in [6, 6.07) is 2.70. The zero-order chi connectivity index (χ0) is 13.9. The highest BCUT2D eigenvalue weighted by atomic mass is 32.2. The van der Waals surface area contributed by atoms with Crippen molar-refractivity contribution in [2.45, 2.75) is 51.6 Å². The van der Waals surface area contributed by atoms with Crippen molar-refractivity contribution in [3.05, 3.63) is 23.7 Å². The summed E-state index contributed by atoms with van der Waals surface area (Å²) >= 11 is 2.07. The van der Waals surface area contributed by atoms with Gasteiger partial charge in [-0.2, -0.15) is 11.8 Å². The minimum atomic E-state index is 0.368. The van der Waals surface area contributed by atoms with E-state index in [-0.39, 0.29) is 0 Å². The van der Waals surface area contributed by atoms with Crippen LogP contribution >= 0.6 is 11.8 Å². The molecule has 1 aromatic rings. The molecule has 1 aliphatic rings. The lowest BCUT2D eigenvalue weighted by Crippen LogP contribution is -2.42. The van der Waals surface area contributed by atoms with Crippen LogP contribution in [0.25, 0.3) is 0 Å². The first-order valence-corrected chi connectivity index (χ1v) is 8.09. The fourth-order valence-corrected chi connectivity index (χ4v) is 3.57. The van der Waals surface area contributed by atoms with E-state index in [2.05, 4.69) is 55.7 Å². The van der Waals surface area contributed by atoms with Crippen LogP contribution in [0, 0.1) is 0 Å². The van der Waals surface area contributed by atoms with E-state index in [1.807, 2.05) is 6.26 Å². The molecule has 1 saturated heterocycles. The van der Waals surface area contributed by atoms with Gasteiger partial charge in [-0.3, -0.25) is 4.90 Å². The molecule has 0 saturated carbocycles. The van der Waals surface area contributed by atoms with Gasteiger partial charge >= 0.3 is 0 Å². The topological polar surface area (TPSA) is 28.4 Å². The summed E-state index contributed by atoms with van der Waals surface area (Å²) in [6.45, 7) is 13.1. The standard InChI is InChI=1S/C15H26N2OS/c1-12(2)16-8-13-7-14(18-10-13)9-17-5-6-19-15(3,4)11-17/h7,10,12,16H,5-6,8-9,11H2,1-4H3. The van der Waals surface area contributed by atoms with E-state index in [4.69, 9.17) is 4.42 Å². The molecular formula is C15H26N2OS. The third-order valence-corrected chi connectivity index (χ3v) is 4.60. The van der Waals surface area contributed by atoms with E-state index < -0.39 is 0 Å². The van der Waals surface area contributed by atoms with Crippen LogP contribution in [0.4, 0.5) is 0 Å². The van der Waals surface area contributed by atoms with Crippen LogP contribution in [0.3, 0.4) is 0 Å². The van der Waals surface area contributed by atoms with E-state index >= 15 is 0 Å². The van der Waals surface area contributed by atoms with Crippen molar-refractivity contribution in [3.8, 4) is 0 Å². The highest BCUT2D eigenvalue weighted by molar-refractivity contribution is 8.00. The number of nitrogens with zero attached hydrogens (tertiary/aromatic N) is 1. The number of furan rings is 1. The maximum Gasteiger partial charge on any atom is 0.118 e. The largest absolute Gasteiger partial charge is 0.468 e. The zero-order valence-electron chi connectivity index (χ0n) is 12.5. The average Bonchev–Trinajstić information content (AvgIpc) is 2.73. The van der Waals surface area contributed by atoms with Crippen LogP contribution in [0.2, 0.25) is 0 Å². The Balaban J connectivity index is 1.85. The molecule has 19 heavy (non-hydrogen) atoms. The summed E-state index contributed by atoms with van der Waals surface area (Å²) in [4.78, 5) is 2.50. The molecule has 1 aliphatic heterocycles. The minimum absolute atomic E-state index is 0.368. The van der Waals surface area contributed by atoms with Gasteiger partial charge in [-0.15, -0.1) is 0 Å². The molecule has 3 nitrogen and oxygen atoms in total.